The van der Waals surface area contributed by atoms with Gasteiger partial charge in [0.2, 0.25) is 11.7 Å². The lowest BCUT2D eigenvalue weighted by molar-refractivity contribution is -0.139. The highest BCUT2D eigenvalue weighted by molar-refractivity contribution is 6.31. The first kappa shape index (κ1) is 13.5. The second-order valence-corrected chi connectivity index (χ2v) is 4.56. The maximum absolute atomic E-state index is 11.3. The van der Waals surface area contributed by atoms with Crippen molar-refractivity contribution in [3.05, 3.63) is 34.2 Å². The molecule has 1 aromatic carbocycles. The normalized spacial score (nSPS) is 10.5. The van der Waals surface area contributed by atoms with Crippen LogP contribution in [0, 0.1) is 13.8 Å². The van der Waals surface area contributed by atoms with Gasteiger partial charge >= 0.3 is 5.97 Å². The summed E-state index contributed by atoms with van der Waals surface area (Å²) >= 11 is 6.17. The number of hydrogen-bond donors (Lipinski definition) is 0. The molecule has 0 atom stereocenters. The van der Waals surface area contributed by atoms with E-state index in [9.17, 15) is 4.79 Å². The molecule has 0 N–H and O–H groups in total. The lowest BCUT2D eigenvalue weighted by atomic mass is 10.0. The topological polar surface area (TPSA) is 65.2 Å². The summed E-state index contributed by atoms with van der Waals surface area (Å²) in [7, 11) is 1.35. The summed E-state index contributed by atoms with van der Waals surface area (Å²) in [5.74, 6) is 0.648. The molecule has 6 heteroatoms. The number of hydrogen-bond acceptors (Lipinski definition) is 5. The molecule has 100 valence electrons. The van der Waals surface area contributed by atoms with Gasteiger partial charge in [0.25, 0.3) is 0 Å². The van der Waals surface area contributed by atoms with Crippen LogP contribution in [0.5, 0.6) is 0 Å². The number of halogens is 1. The number of rotatable bonds is 3. The van der Waals surface area contributed by atoms with Crippen molar-refractivity contribution in [2.45, 2.75) is 20.3 Å². The molecule has 1 heterocycles. The lowest BCUT2D eigenvalue weighted by Crippen LogP contribution is -2.05. The van der Waals surface area contributed by atoms with Gasteiger partial charge in [-0.2, -0.15) is 4.98 Å². The van der Waals surface area contributed by atoms with E-state index in [1.807, 2.05) is 13.0 Å². The average Bonchev–Trinajstić information content (AvgIpc) is 2.79. The zero-order chi connectivity index (χ0) is 14.0. The van der Waals surface area contributed by atoms with E-state index in [-0.39, 0.29) is 12.4 Å². The Kier molecular flexibility index (Phi) is 3.85. The Bertz CT molecular complexity index is 622. The molecule has 0 saturated heterocycles. The summed E-state index contributed by atoms with van der Waals surface area (Å²) in [5.41, 5.74) is 2.43. The largest absolute Gasteiger partial charge is 0.469 e. The fourth-order valence-corrected chi connectivity index (χ4v) is 1.98. The molecule has 1 aromatic heterocycles. The molecule has 0 saturated carbocycles. The van der Waals surface area contributed by atoms with Crippen LogP contribution in [0.15, 0.2) is 16.7 Å². The molecule has 19 heavy (non-hydrogen) atoms. The van der Waals surface area contributed by atoms with Crippen LogP contribution >= 0.6 is 11.6 Å². The van der Waals surface area contributed by atoms with Crippen molar-refractivity contribution in [2.75, 3.05) is 7.11 Å². The maximum atomic E-state index is 11.3. The quantitative estimate of drug-likeness (QED) is 0.809. The molecule has 0 radical (unpaired) electrons. The Morgan fingerprint density at radius 3 is 2.74 bits per heavy atom. The SMILES string of the molecule is COC(=O)Cc1cc(C)c(-c2noc(C)n2)cc1Cl. The van der Waals surface area contributed by atoms with E-state index < -0.39 is 0 Å². The zero-order valence-corrected chi connectivity index (χ0v) is 11.6. The minimum absolute atomic E-state index is 0.141. The van der Waals surface area contributed by atoms with Gasteiger partial charge in [-0.05, 0) is 24.1 Å². The first-order valence-corrected chi connectivity index (χ1v) is 6.05. The van der Waals surface area contributed by atoms with Gasteiger partial charge in [0.05, 0.1) is 13.5 Å². The van der Waals surface area contributed by atoms with Gasteiger partial charge in [0.15, 0.2) is 0 Å². The van der Waals surface area contributed by atoms with Crippen molar-refractivity contribution >= 4 is 17.6 Å². The third-order valence-electron chi connectivity index (χ3n) is 2.72. The fraction of sp³-hybridized carbons (Fsp3) is 0.308. The second kappa shape index (κ2) is 5.40. The van der Waals surface area contributed by atoms with Gasteiger partial charge in [-0.25, -0.2) is 0 Å². The van der Waals surface area contributed by atoms with Gasteiger partial charge in [-0.1, -0.05) is 22.8 Å². The molecule has 0 fully saturated rings. The van der Waals surface area contributed by atoms with Gasteiger partial charge < -0.3 is 9.26 Å². The van der Waals surface area contributed by atoms with E-state index in [0.29, 0.717) is 16.7 Å². The van der Waals surface area contributed by atoms with E-state index in [4.69, 9.17) is 16.1 Å². The molecule has 2 aromatic rings. The maximum Gasteiger partial charge on any atom is 0.310 e. The summed E-state index contributed by atoms with van der Waals surface area (Å²) in [4.78, 5) is 15.4. The molecule has 0 unspecified atom stereocenters. The van der Waals surface area contributed by atoms with E-state index in [1.165, 1.54) is 7.11 Å². The average molecular weight is 281 g/mol. The van der Waals surface area contributed by atoms with Gasteiger partial charge in [0.1, 0.15) is 0 Å². The Hall–Kier alpha value is -1.88. The summed E-state index contributed by atoms with van der Waals surface area (Å²) in [6, 6.07) is 3.57. The Morgan fingerprint density at radius 2 is 2.16 bits per heavy atom. The zero-order valence-electron chi connectivity index (χ0n) is 10.9. The number of ether oxygens (including phenoxy) is 1. The van der Waals surface area contributed by atoms with E-state index >= 15 is 0 Å². The molecule has 0 aliphatic rings. The summed E-state index contributed by atoms with van der Waals surface area (Å²) in [5, 5.41) is 4.34. The van der Waals surface area contributed by atoms with Crippen molar-refractivity contribution in [1.29, 1.82) is 0 Å². The highest BCUT2D eigenvalue weighted by atomic mass is 35.5. The highest BCUT2D eigenvalue weighted by Crippen LogP contribution is 2.28. The summed E-state index contributed by atoms with van der Waals surface area (Å²) < 4.78 is 9.58. The summed E-state index contributed by atoms with van der Waals surface area (Å²) in [6.45, 7) is 3.62. The minimum Gasteiger partial charge on any atom is -0.469 e. The van der Waals surface area contributed by atoms with Crippen LogP contribution in [0.1, 0.15) is 17.0 Å². The second-order valence-electron chi connectivity index (χ2n) is 4.15. The van der Waals surface area contributed by atoms with Crippen molar-refractivity contribution in [3.8, 4) is 11.4 Å². The molecule has 0 amide bonds. The monoisotopic (exact) mass is 280 g/mol. The summed E-state index contributed by atoms with van der Waals surface area (Å²) in [6.07, 6.45) is 0.141. The van der Waals surface area contributed by atoms with Crippen LogP contribution in [0.4, 0.5) is 0 Å². The Balaban J connectivity index is 2.39. The number of nitrogens with zero attached hydrogens (tertiary/aromatic N) is 2. The van der Waals surface area contributed by atoms with Crippen molar-refractivity contribution in [3.63, 3.8) is 0 Å². The number of aromatic nitrogens is 2. The number of carbonyl (C=O) groups is 1. The molecular weight excluding hydrogens is 268 g/mol. The number of esters is 1. The number of aryl methyl sites for hydroxylation is 2. The molecule has 0 aliphatic carbocycles. The van der Waals surface area contributed by atoms with Crippen LogP contribution < -0.4 is 0 Å². The fourth-order valence-electron chi connectivity index (χ4n) is 1.75. The Morgan fingerprint density at radius 1 is 1.42 bits per heavy atom. The van der Waals surface area contributed by atoms with Crippen LogP contribution in [0.3, 0.4) is 0 Å². The first-order chi connectivity index (χ1) is 9.01. The van der Waals surface area contributed by atoms with Crippen LogP contribution in [0.2, 0.25) is 5.02 Å². The standard InChI is InChI=1S/C13H13ClN2O3/c1-7-4-9(5-12(17)18-3)11(14)6-10(7)13-15-8(2)19-16-13/h4,6H,5H2,1-3H3. The predicted octanol–water partition coefficient (Wildman–Crippen LogP) is 2.72. The van der Waals surface area contributed by atoms with Gasteiger partial charge in [-0.15, -0.1) is 0 Å². The number of benzene rings is 1. The molecule has 0 spiro atoms. The molecule has 0 aliphatic heterocycles. The van der Waals surface area contributed by atoms with Crippen molar-refractivity contribution < 1.29 is 14.1 Å². The molecular formula is C13H13ClN2O3. The van der Waals surface area contributed by atoms with Gasteiger partial charge in [-0.3, -0.25) is 4.79 Å². The first-order valence-electron chi connectivity index (χ1n) is 5.67. The van der Waals surface area contributed by atoms with Crippen LogP contribution in [-0.2, 0) is 16.0 Å². The van der Waals surface area contributed by atoms with Crippen molar-refractivity contribution in [1.82, 2.24) is 10.1 Å². The van der Waals surface area contributed by atoms with Crippen LogP contribution in [-0.4, -0.2) is 23.2 Å². The van der Waals surface area contributed by atoms with E-state index in [1.54, 1.807) is 13.0 Å². The molecule has 2 rings (SSSR count). The third kappa shape index (κ3) is 2.93. The van der Waals surface area contributed by atoms with E-state index in [2.05, 4.69) is 14.9 Å². The predicted molar refractivity (Wildman–Crippen MR) is 69.9 cm³/mol. The molecule has 5 nitrogen and oxygen atoms in total. The number of methoxy groups -OCH3 is 1. The van der Waals surface area contributed by atoms with Gasteiger partial charge in [0, 0.05) is 17.5 Å². The third-order valence-corrected chi connectivity index (χ3v) is 3.08. The highest BCUT2D eigenvalue weighted by Gasteiger charge is 2.14. The van der Waals surface area contributed by atoms with Crippen LogP contribution in [0.25, 0.3) is 11.4 Å². The smallest absolute Gasteiger partial charge is 0.310 e. The van der Waals surface area contributed by atoms with E-state index in [0.717, 1.165) is 16.7 Å². The minimum atomic E-state index is -0.329. The molecule has 0 bridgehead atoms. The Labute approximate surface area is 115 Å². The lowest BCUT2D eigenvalue weighted by Gasteiger charge is -2.08. The van der Waals surface area contributed by atoms with Crippen molar-refractivity contribution in [2.24, 2.45) is 0 Å². The number of carbonyl (C=O) groups excluding carboxylic acids is 1.